The molecule has 1 aliphatic rings. The van der Waals surface area contributed by atoms with Crippen molar-refractivity contribution in [1.82, 2.24) is 0 Å². The molecule has 1 aromatic carbocycles. The lowest BCUT2D eigenvalue weighted by atomic mass is 10.0. The first-order valence-electron chi connectivity index (χ1n) is 5.40. The van der Waals surface area contributed by atoms with Crippen molar-refractivity contribution < 1.29 is 24.5 Å². The second-order valence-corrected chi connectivity index (χ2v) is 3.95. The molecular weight excluding hydrogens is 224 g/mol. The van der Waals surface area contributed by atoms with E-state index in [1.165, 1.54) is 6.07 Å². The minimum atomic E-state index is -1.54. The maximum Gasteiger partial charge on any atom is 0.337 e. The van der Waals surface area contributed by atoms with Gasteiger partial charge in [-0.05, 0) is 30.2 Å². The zero-order chi connectivity index (χ0) is 12.4. The van der Waals surface area contributed by atoms with Gasteiger partial charge in [-0.25, -0.2) is 4.79 Å². The van der Waals surface area contributed by atoms with E-state index in [-0.39, 0.29) is 0 Å². The Bertz CT molecular complexity index is 441. The Labute approximate surface area is 98.6 Å². The second kappa shape index (κ2) is 4.63. The van der Waals surface area contributed by atoms with Gasteiger partial charge in [0.2, 0.25) is 0 Å². The van der Waals surface area contributed by atoms with E-state index >= 15 is 0 Å². The minimum absolute atomic E-state index is 0.335. The fourth-order valence-corrected chi connectivity index (χ4v) is 1.75. The molecule has 1 atom stereocenters. The third kappa shape index (κ3) is 2.34. The van der Waals surface area contributed by atoms with Crippen LogP contribution in [0.1, 0.15) is 23.7 Å². The number of aliphatic hydroxyl groups is 1. The van der Waals surface area contributed by atoms with E-state index in [0.717, 1.165) is 6.42 Å². The Hall–Kier alpha value is -1.75. The van der Waals surface area contributed by atoms with Crippen LogP contribution in [0.4, 0.5) is 0 Å². The van der Waals surface area contributed by atoms with Crippen LogP contribution < -0.4 is 9.47 Å². The minimum Gasteiger partial charge on any atom is -0.490 e. The quantitative estimate of drug-likeness (QED) is 0.811. The molecule has 5 heteroatoms. The van der Waals surface area contributed by atoms with Crippen molar-refractivity contribution in [3.8, 4) is 11.5 Å². The lowest BCUT2D eigenvalue weighted by Gasteiger charge is -2.14. The molecule has 17 heavy (non-hydrogen) atoms. The van der Waals surface area contributed by atoms with Crippen molar-refractivity contribution in [2.24, 2.45) is 0 Å². The van der Waals surface area contributed by atoms with Crippen molar-refractivity contribution in [3.05, 3.63) is 23.3 Å². The number of ether oxygens (including phenoxy) is 2. The topological polar surface area (TPSA) is 76.0 Å². The second-order valence-electron chi connectivity index (χ2n) is 3.95. The van der Waals surface area contributed by atoms with Crippen LogP contribution in [0.3, 0.4) is 0 Å². The van der Waals surface area contributed by atoms with Crippen molar-refractivity contribution in [2.75, 3.05) is 13.2 Å². The number of aliphatic hydroxyl groups excluding tert-OH is 1. The zero-order valence-electron chi connectivity index (χ0n) is 9.47. The van der Waals surface area contributed by atoms with Crippen LogP contribution in [0.25, 0.3) is 0 Å². The highest BCUT2D eigenvalue weighted by atomic mass is 16.5. The molecule has 1 heterocycles. The maximum atomic E-state index is 10.8. The Kier molecular flexibility index (Phi) is 3.19. The molecule has 0 aromatic heterocycles. The molecule has 92 valence electrons. The summed E-state index contributed by atoms with van der Waals surface area (Å²) in [5, 5.41) is 18.4. The van der Waals surface area contributed by atoms with E-state index in [0.29, 0.717) is 35.8 Å². The summed E-state index contributed by atoms with van der Waals surface area (Å²) in [6.45, 7) is 2.84. The van der Waals surface area contributed by atoms with Crippen LogP contribution in [0.15, 0.2) is 12.1 Å². The SMILES string of the molecule is Cc1cc2c(cc1C(O)C(=O)O)OCCCO2. The number of aliphatic carboxylic acids is 1. The van der Waals surface area contributed by atoms with Crippen LogP contribution >= 0.6 is 0 Å². The Morgan fingerprint density at radius 2 is 1.88 bits per heavy atom. The van der Waals surface area contributed by atoms with Gasteiger partial charge in [-0.1, -0.05) is 0 Å². The molecule has 2 N–H and O–H groups in total. The van der Waals surface area contributed by atoms with Gasteiger partial charge in [-0.2, -0.15) is 0 Å². The van der Waals surface area contributed by atoms with Gasteiger partial charge in [0, 0.05) is 6.42 Å². The molecular formula is C12H14O5. The summed E-state index contributed by atoms with van der Waals surface area (Å²) in [6.07, 6.45) is -0.753. The van der Waals surface area contributed by atoms with Gasteiger partial charge in [0.1, 0.15) is 0 Å². The molecule has 0 fully saturated rings. The summed E-state index contributed by atoms with van der Waals surface area (Å²) in [7, 11) is 0. The fraction of sp³-hybridized carbons (Fsp3) is 0.417. The molecule has 5 nitrogen and oxygen atoms in total. The highest BCUT2D eigenvalue weighted by Gasteiger charge is 2.21. The number of carboxylic acids is 1. The molecule has 0 spiro atoms. The summed E-state index contributed by atoms with van der Waals surface area (Å²) >= 11 is 0. The van der Waals surface area contributed by atoms with Crippen LogP contribution in [0.5, 0.6) is 11.5 Å². The maximum absolute atomic E-state index is 10.8. The number of benzene rings is 1. The van der Waals surface area contributed by atoms with Crippen molar-refractivity contribution in [1.29, 1.82) is 0 Å². The molecule has 0 bridgehead atoms. The Morgan fingerprint density at radius 1 is 1.29 bits per heavy atom. The van der Waals surface area contributed by atoms with Gasteiger partial charge in [0.15, 0.2) is 17.6 Å². The lowest BCUT2D eigenvalue weighted by molar-refractivity contribution is -0.147. The van der Waals surface area contributed by atoms with Crippen LogP contribution in [0, 0.1) is 6.92 Å². The Balaban J connectivity index is 2.42. The van der Waals surface area contributed by atoms with Gasteiger partial charge in [0.05, 0.1) is 13.2 Å². The average Bonchev–Trinajstić information content (AvgIpc) is 2.51. The van der Waals surface area contributed by atoms with Gasteiger partial charge in [0.25, 0.3) is 0 Å². The van der Waals surface area contributed by atoms with E-state index in [1.807, 2.05) is 0 Å². The average molecular weight is 238 g/mol. The number of hydrogen-bond acceptors (Lipinski definition) is 4. The first-order chi connectivity index (χ1) is 8.09. The molecule has 1 aliphatic heterocycles. The number of aryl methyl sites for hydroxylation is 1. The monoisotopic (exact) mass is 238 g/mol. The lowest BCUT2D eigenvalue weighted by Crippen LogP contribution is -2.12. The van der Waals surface area contributed by atoms with Crippen molar-refractivity contribution in [3.63, 3.8) is 0 Å². The molecule has 0 saturated heterocycles. The van der Waals surface area contributed by atoms with Gasteiger partial charge < -0.3 is 19.7 Å². The third-order valence-electron chi connectivity index (χ3n) is 2.66. The highest BCUT2D eigenvalue weighted by molar-refractivity contribution is 5.75. The summed E-state index contributed by atoms with van der Waals surface area (Å²) in [5.74, 6) is -0.188. The normalized spacial score (nSPS) is 16.1. The predicted molar refractivity (Wildman–Crippen MR) is 59.4 cm³/mol. The highest BCUT2D eigenvalue weighted by Crippen LogP contribution is 2.34. The van der Waals surface area contributed by atoms with E-state index in [9.17, 15) is 9.90 Å². The van der Waals surface area contributed by atoms with Crippen molar-refractivity contribution >= 4 is 5.97 Å². The van der Waals surface area contributed by atoms with Crippen LogP contribution in [-0.4, -0.2) is 29.4 Å². The molecule has 2 rings (SSSR count). The smallest absolute Gasteiger partial charge is 0.337 e. The van der Waals surface area contributed by atoms with Crippen LogP contribution in [-0.2, 0) is 4.79 Å². The molecule has 0 saturated carbocycles. The molecule has 0 radical (unpaired) electrons. The third-order valence-corrected chi connectivity index (χ3v) is 2.66. The summed E-state index contributed by atoms with van der Waals surface area (Å²) in [4.78, 5) is 10.8. The number of fused-ring (bicyclic) bond motifs is 1. The van der Waals surface area contributed by atoms with E-state index in [4.69, 9.17) is 14.6 Å². The molecule has 0 aliphatic carbocycles. The fourth-order valence-electron chi connectivity index (χ4n) is 1.75. The van der Waals surface area contributed by atoms with Gasteiger partial charge >= 0.3 is 5.97 Å². The predicted octanol–water partition coefficient (Wildman–Crippen LogP) is 1.27. The first-order valence-corrected chi connectivity index (χ1v) is 5.40. The summed E-state index contributed by atoms with van der Waals surface area (Å²) in [6, 6.07) is 3.23. The number of carboxylic acid groups (broad SMARTS) is 1. The standard InChI is InChI=1S/C12H14O5/c1-7-5-9-10(17-4-2-3-16-9)6-8(7)11(13)12(14)15/h5-6,11,13H,2-4H2,1H3,(H,14,15). The molecule has 1 aromatic rings. The zero-order valence-corrected chi connectivity index (χ0v) is 9.47. The molecule has 0 amide bonds. The van der Waals surface area contributed by atoms with E-state index in [2.05, 4.69) is 0 Å². The van der Waals surface area contributed by atoms with E-state index in [1.54, 1.807) is 13.0 Å². The number of rotatable bonds is 2. The molecule has 1 unspecified atom stereocenters. The van der Waals surface area contributed by atoms with E-state index < -0.39 is 12.1 Å². The van der Waals surface area contributed by atoms with Crippen molar-refractivity contribution in [2.45, 2.75) is 19.4 Å². The largest absolute Gasteiger partial charge is 0.490 e. The van der Waals surface area contributed by atoms with Gasteiger partial charge in [-0.15, -0.1) is 0 Å². The van der Waals surface area contributed by atoms with Crippen LogP contribution in [0.2, 0.25) is 0 Å². The van der Waals surface area contributed by atoms with Gasteiger partial charge in [-0.3, -0.25) is 0 Å². The first kappa shape index (κ1) is 11.7. The number of hydrogen-bond donors (Lipinski definition) is 2. The summed E-state index contributed by atoms with van der Waals surface area (Å²) < 4.78 is 10.9. The number of carbonyl (C=O) groups is 1. The summed E-state index contributed by atoms with van der Waals surface area (Å²) in [5.41, 5.74) is 1.01. The Morgan fingerprint density at radius 3 is 2.47 bits per heavy atom.